The molecule has 0 spiro atoms. The Morgan fingerprint density at radius 3 is 2.81 bits per heavy atom. The number of aromatic nitrogens is 3. The lowest BCUT2D eigenvalue weighted by Gasteiger charge is -2.17. The smallest absolute Gasteiger partial charge is 0.253 e. The molecule has 1 N–H and O–H groups in total. The van der Waals surface area contributed by atoms with E-state index in [0.29, 0.717) is 36.9 Å². The number of hydrogen-bond donors (Lipinski definition) is 1. The molecule has 0 saturated carbocycles. The van der Waals surface area contributed by atoms with Gasteiger partial charge in [-0.25, -0.2) is 4.98 Å². The first-order valence-electron chi connectivity index (χ1n) is 11.9. The first-order valence-corrected chi connectivity index (χ1v) is 11.9. The number of anilines is 1. The van der Waals surface area contributed by atoms with Gasteiger partial charge in [-0.15, -0.1) is 0 Å². The fourth-order valence-electron chi connectivity index (χ4n) is 3.69. The third-order valence-corrected chi connectivity index (χ3v) is 5.81. The van der Waals surface area contributed by atoms with Crippen LogP contribution in [0.15, 0.2) is 55.0 Å². The van der Waals surface area contributed by atoms with E-state index >= 15 is 0 Å². The van der Waals surface area contributed by atoms with Crippen LogP contribution in [-0.4, -0.2) is 77.6 Å². The number of nitrogens with one attached hydrogen (secondary N) is 1. The fraction of sp³-hybridized carbons (Fsp3) is 0.385. The molecule has 1 fully saturated rings. The van der Waals surface area contributed by atoms with Gasteiger partial charge in [0, 0.05) is 31.9 Å². The topological polar surface area (TPSA) is 117 Å². The molecule has 37 heavy (non-hydrogen) atoms. The molecular formula is C26H31N5O6. The number of ether oxygens (including phenoxy) is 4. The van der Waals surface area contributed by atoms with Gasteiger partial charge in [0.2, 0.25) is 11.8 Å². The van der Waals surface area contributed by atoms with Crippen LogP contribution in [0.4, 0.5) is 5.69 Å². The SMILES string of the molecule is COc1cc(O[C@@H]2CO[C@@H](C(=O)Nc3cnn(CC(=O)N(C)CCOc4ccc(C)cc4)c3)C2)ccn1. The van der Waals surface area contributed by atoms with Crippen LogP contribution < -0.4 is 19.5 Å². The number of benzene rings is 1. The number of aryl methyl sites for hydroxylation is 1. The Morgan fingerprint density at radius 1 is 1.22 bits per heavy atom. The van der Waals surface area contributed by atoms with Gasteiger partial charge in [0.05, 0.1) is 32.1 Å². The van der Waals surface area contributed by atoms with E-state index in [1.165, 1.54) is 18.0 Å². The van der Waals surface area contributed by atoms with Gasteiger partial charge >= 0.3 is 0 Å². The summed E-state index contributed by atoms with van der Waals surface area (Å²) in [6.45, 7) is 3.16. The Bertz CT molecular complexity index is 1200. The maximum atomic E-state index is 12.7. The molecule has 1 aliphatic heterocycles. The standard InChI is InChI=1S/C26H31N5O6/c1-18-4-6-20(7-5-18)35-11-10-30(2)25(32)16-31-15-19(14-28-31)29-26(33)23-12-22(17-36-23)37-21-8-9-27-24(13-21)34-3/h4-9,13-15,22-23H,10-12,16-17H2,1-3H3,(H,29,33)/t22-,23+/m0/s1. The minimum absolute atomic E-state index is 0.0438. The third-order valence-electron chi connectivity index (χ3n) is 5.81. The van der Waals surface area contributed by atoms with Crippen LogP contribution in [-0.2, 0) is 20.9 Å². The van der Waals surface area contributed by atoms with Crippen LogP contribution >= 0.6 is 0 Å². The van der Waals surface area contributed by atoms with Crippen molar-refractivity contribution in [2.24, 2.45) is 0 Å². The number of carbonyl (C=O) groups is 2. The predicted molar refractivity (Wildman–Crippen MR) is 135 cm³/mol. The minimum atomic E-state index is -0.654. The van der Waals surface area contributed by atoms with Crippen molar-refractivity contribution < 1.29 is 28.5 Å². The third kappa shape index (κ3) is 7.43. The van der Waals surface area contributed by atoms with E-state index in [9.17, 15) is 9.59 Å². The van der Waals surface area contributed by atoms with Crippen molar-refractivity contribution in [3.8, 4) is 17.4 Å². The lowest BCUT2D eigenvalue weighted by atomic mass is 10.2. The molecule has 0 radical (unpaired) electrons. The fourth-order valence-corrected chi connectivity index (χ4v) is 3.69. The predicted octanol–water partition coefficient (Wildman–Crippen LogP) is 2.31. The van der Waals surface area contributed by atoms with Crippen LogP contribution in [0, 0.1) is 6.92 Å². The lowest BCUT2D eigenvalue weighted by Crippen LogP contribution is -2.33. The molecule has 11 heteroatoms. The van der Waals surface area contributed by atoms with Gasteiger partial charge in [-0.1, -0.05) is 17.7 Å². The molecule has 196 valence electrons. The second-order valence-corrected chi connectivity index (χ2v) is 8.72. The normalized spacial score (nSPS) is 16.7. The van der Waals surface area contributed by atoms with Crippen molar-refractivity contribution in [3.05, 3.63) is 60.6 Å². The molecule has 2 amide bonds. The van der Waals surface area contributed by atoms with E-state index in [1.54, 1.807) is 36.5 Å². The number of carbonyl (C=O) groups excluding carboxylic acids is 2. The van der Waals surface area contributed by atoms with Crippen LogP contribution in [0.2, 0.25) is 0 Å². The molecule has 1 aliphatic rings. The highest BCUT2D eigenvalue weighted by atomic mass is 16.6. The quantitative estimate of drug-likeness (QED) is 0.419. The minimum Gasteiger partial charge on any atom is -0.492 e. The Kier molecular flexibility index (Phi) is 8.57. The number of hydrogen-bond acceptors (Lipinski definition) is 8. The number of pyridine rings is 1. The van der Waals surface area contributed by atoms with E-state index in [1.807, 2.05) is 31.2 Å². The zero-order chi connectivity index (χ0) is 26.2. The molecular weight excluding hydrogens is 478 g/mol. The number of nitrogens with zero attached hydrogens (tertiary/aromatic N) is 4. The first kappa shape index (κ1) is 26.0. The average Bonchev–Trinajstić information content (AvgIpc) is 3.54. The van der Waals surface area contributed by atoms with Crippen molar-refractivity contribution >= 4 is 17.5 Å². The van der Waals surface area contributed by atoms with E-state index in [2.05, 4.69) is 15.4 Å². The highest BCUT2D eigenvalue weighted by Gasteiger charge is 2.32. The first-order chi connectivity index (χ1) is 17.9. The molecule has 1 aromatic carbocycles. The van der Waals surface area contributed by atoms with Gasteiger partial charge in [-0.05, 0) is 25.1 Å². The van der Waals surface area contributed by atoms with Crippen LogP contribution in [0.3, 0.4) is 0 Å². The summed E-state index contributed by atoms with van der Waals surface area (Å²) in [6.07, 6.45) is 4.18. The molecule has 0 unspecified atom stereocenters. The van der Waals surface area contributed by atoms with Crippen LogP contribution in [0.1, 0.15) is 12.0 Å². The second-order valence-electron chi connectivity index (χ2n) is 8.72. The molecule has 0 bridgehead atoms. The van der Waals surface area contributed by atoms with Gasteiger partial charge < -0.3 is 29.2 Å². The summed E-state index contributed by atoms with van der Waals surface area (Å²) >= 11 is 0. The number of rotatable bonds is 11. The zero-order valence-electron chi connectivity index (χ0n) is 21.1. The largest absolute Gasteiger partial charge is 0.492 e. The van der Waals surface area contributed by atoms with Crippen LogP contribution in [0.25, 0.3) is 0 Å². The maximum absolute atomic E-state index is 12.7. The Hall–Kier alpha value is -4.12. The van der Waals surface area contributed by atoms with Crippen molar-refractivity contribution in [2.45, 2.75) is 32.1 Å². The molecule has 1 saturated heterocycles. The highest BCUT2D eigenvalue weighted by molar-refractivity contribution is 5.94. The number of likely N-dealkylation sites (N-methyl/N-ethyl adjacent to an activating group) is 1. The summed E-state index contributed by atoms with van der Waals surface area (Å²) in [6, 6.07) is 11.2. The average molecular weight is 510 g/mol. The molecule has 3 aromatic rings. The van der Waals surface area contributed by atoms with Crippen molar-refractivity contribution in [3.63, 3.8) is 0 Å². The summed E-state index contributed by atoms with van der Waals surface area (Å²) < 4.78 is 23.8. The highest BCUT2D eigenvalue weighted by Crippen LogP contribution is 2.23. The van der Waals surface area contributed by atoms with Crippen molar-refractivity contribution in [1.82, 2.24) is 19.7 Å². The summed E-state index contributed by atoms with van der Waals surface area (Å²) in [5.41, 5.74) is 1.64. The Morgan fingerprint density at radius 2 is 2.03 bits per heavy atom. The molecule has 11 nitrogen and oxygen atoms in total. The van der Waals surface area contributed by atoms with Gasteiger partial charge in [0.1, 0.15) is 36.9 Å². The van der Waals surface area contributed by atoms with Gasteiger partial charge in [-0.3, -0.25) is 14.3 Å². The van der Waals surface area contributed by atoms with E-state index in [-0.39, 0.29) is 31.1 Å². The summed E-state index contributed by atoms with van der Waals surface area (Å²) in [7, 11) is 3.25. The van der Waals surface area contributed by atoms with Crippen LogP contribution in [0.5, 0.6) is 17.4 Å². The van der Waals surface area contributed by atoms with E-state index in [0.717, 1.165) is 11.3 Å². The van der Waals surface area contributed by atoms with Gasteiger partial charge in [-0.2, -0.15) is 5.10 Å². The molecule has 0 aliphatic carbocycles. The van der Waals surface area contributed by atoms with Gasteiger partial charge in [0.25, 0.3) is 5.91 Å². The number of methoxy groups -OCH3 is 1. The summed E-state index contributed by atoms with van der Waals surface area (Å²) in [5, 5.41) is 6.97. The number of amides is 2. The van der Waals surface area contributed by atoms with Crippen molar-refractivity contribution in [2.75, 3.05) is 39.2 Å². The monoisotopic (exact) mass is 509 g/mol. The lowest BCUT2D eigenvalue weighted by molar-refractivity contribution is -0.131. The Balaban J connectivity index is 1.19. The molecule has 2 aromatic heterocycles. The second kappa shape index (κ2) is 12.2. The van der Waals surface area contributed by atoms with Crippen molar-refractivity contribution in [1.29, 1.82) is 0 Å². The van der Waals surface area contributed by atoms with E-state index < -0.39 is 6.10 Å². The van der Waals surface area contributed by atoms with E-state index in [4.69, 9.17) is 18.9 Å². The zero-order valence-corrected chi connectivity index (χ0v) is 21.1. The maximum Gasteiger partial charge on any atom is 0.253 e. The molecule has 2 atom stereocenters. The summed E-state index contributed by atoms with van der Waals surface area (Å²) in [4.78, 5) is 30.8. The Labute approximate surface area is 215 Å². The molecule has 4 rings (SSSR count). The molecule has 3 heterocycles. The summed E-state index contributed by atoms with van der Waals surface area (Å²) in [5.74, 6) is 1.39. The van der Waals surface area contributed by atoms with Gasteiger partial charge in [0.15, 0.2) is 0 Å².